The Labute approximate surface area is 181 Å². The van der Waals surface area contributed by atoms with Crippen LogP contribution in [0.1, 0.15) is 11.1 Å². The topological polar surface area (TPSA) is 35.9 Å². The predicted octanol–water partition coefficient (Wildman–Crippen LogP) is 5.56. The highest BCUT2D eigenvalue weighted by Crippen LogP contribution is 2.35. The van der Waals surface area contributed by atoms with Crippen LogP contribution in [-0.4, -0.2) is 30.1 Å². The second-order valence-electron chi connectivity index (χ2n) is 7.20. The first kappa shape index (κ1) is 20.0. The lowest BCUT2D eigenvalue weighted by atomic mass is 10.1. The van der Waals surface area contributed by atoms with E-state index in [1.807, 2.05) is 93.0 Å². The second kappa shape index (κ2) is 9.01. The molecule has 0 spiro atoms. The van der Waals surface area contributed by atoms with Crippen LogP contribution in [0.25, 0.3) is 6.08 Å². The van der Waals surface area contributed by atoms with Crippen LogP contribution in [0.5, 0.6) is 0 Å². The molecule has 1 saturated heterocycles. The SMILES string of the molecule is CN(C)c1ccc(C=C2SC(=Nc3ccccc3)N(Cc3ccccc3)C2=O)cc1. The third kappa shape index (κ3) is 4.63. The normalized spacial score (nSPS) is 16.5. The highest BCUT2D eigenvalue weighted by Gasteiger charge is 2.33. The van der Waals surface area contributed by atoms with Gasteiger partial charge in [-0.3, -0.25) is 9.69 Å². The van der Waals surface area contributed by atoms with Gasteiger partial charge in [0.05, 0.1) is 17.1 Å². The first-order valence-electron chi connectivity index (χ1n) is 9.76. The van der Waals surface area contributed by atoms with Crippen LogP contribution in [0.3, 0.4) is 0 Å². The maximum absolute atomic E-state index is 13.2. The summed E-state index contributed by atoms with van der Waals surface area (Å²) in [6.07, 6.45) is 1.94. The van der Waals surface area contributed by atoms with Crippen LogP contribution in [-0.2, 0) is 11.3 Å². The van der Waals surface area contributed by atoms with E-state index in [-0.39, 0.29) is 5.91 Å². The lowest BCUT2D eigenvalue weighted by Crippen LogP contribution is -2.28. The van der Waals surface area contributed by atoms with Gasteiger partial charge < -0.3 is 4.90 Å². The molecule has 1 fully saturated rings. The number of carbonyl (C=O) groups excluding carboxylic acids is 1. The van der Waals surface area contributed by atoms with Crippen LogP contribution in [0.2, 0.25) is 0 Å². The number of aliphatic imine (C=N–C) groups is 1. The molecule has 4 nitrogen and oxygen atoms in total. The number of thioether (sulfide) groups is 1. The average molecular weight is 414 g/mol. The van der Waals surface area contributed by atoms with Crippen molar-refractivity contribution in [3.63, 3.8) is 0 Å². The van der Waals surface area contributed by atoms with Gasteiger partial charge in [-0.05, 0) is 53.2 Å². The molecule has 1 aliphatic heterocycles. The molecule has 0 atom stereocenters. The molecule has 0 bridgehead atoms. The number of para-hydroxylation sites is 1. The molecule has 30 heavy (non-hydrogen) atoms. The van der Waals surface area contributed by atoms with Gasteiger partial charge in [-0.25, -0.2) is 4.99 Å². The summed E-state index contributed by atoms with van der Waals surface area (Å²) in [5, 5.41) is 0.700. The molecule has 1 amide bonds. The van der Waals surface area contributed by atoms with Crippen LogP contribution in [0.4, 0.5) is 11.4 Å². The van der Waals surface area contributed by atoms with Crippen molar-refractivity contribution in [1.82, 2.24) is 4.90 Å². The highest BCUT2D eigenvalue weighted by atomic mass is 32.2. The number of benzene rings is 3. The zero-order valence-electron chi connectivity index (χ0n) is 17.0. The second-order valence-corrected chi connectivity index (χ2v) is 8.21. The van der Waals surface area contributed by atoms with Crippen molar-refractivity contribution in [3.8, 4) is 0 Å². The van der Waals surface area contributed by atoms with Gasteiger partial charge in [0.15, 0.2) is 5.17 Å². The maximum atomic E-state index is 13.2. The molecule has 1 heterocycles. The lowest BCUT2D eigenvalue weighted by molar-refractivity contribution is -0.122. The maximum Gasteiger partial charge on any atom is 0.267 e. The fourth-order valence-electron chi connectivity index (χ4n) is 3.13. The molecule has 0 radical (unpaired) electrons. The van der Waals surface area contributed by atoms with Gasteiger partial charge in [0.2, 0.25) is 0 Å². The zero-order chi connectivity index (χ0) is 20.9. The molecule has 5 heteroatoms. The van der Waals surface area contributed by atoms with Gasteiger partial charge in [-0.2, -0.15) is 0 Å². The van der Waals surface area contributed by atoms with E-state index < -0.39 is 0 Å². The molecular weight excluding hydrogens is 390 g/mol. The number of hydrogen-bond acceptors (Lipinski definition) is 4. The third-order valence-electron chi connectivity index (χ3n) is 4.76. The van der Waals surface area contributed by atoms with E-state index in [4.69, 9.17) is 4.99 Å². The van der Waals surface area contributed by atoms with Crippen LogP contribution >= 0.6 is 11.8 Å². The molecule has 150 valence electrons. The molecule has 0 aliphatic carbocycles. The van der Waals surface area contributed by atoms with E-state index >= 15 is 0 Å². The summed E-state index contributed by atoms with van der Waals surface area (Å²) in [5.41, 5.74) is 4.03. The number of carbonyl (C=O) groups is 1. The average Bonchev–Trinajstić information content (AvgIpc) is 3.04. The first-order valence-corrected chi connectivity index (χ1v) is 10.6. The number of anilines is 1. The Kier molecular flexibility index (Phi) is 6.00. The molecule has 0 unspecified atom stereocenters. The van der Waals surface area contributed by atoms with E-state index in [1.165, 1.54) is 11.8 Å². The number of rotatable bonds is 5. The van der Waals surface area contributed by atoms with Crippen molar-refractivity contribution >= 4 is 40.3 Å². The van der Waals surface area contributed by atoms with E-state index in [0.29, 0.717) is 16.6 Å². The molecule has 3 aromatic carbocycles. The van der Waals surface area contributed by atoms with Gasteiger partial charge in [0.25, 0.3) is 5.91 Å². The Morgan fingerprint density at radius 2 is 1.53 bits per heavy atom. The Balaban J connectivity index is 1.66. The fourth-order valence-corrected chi connectivity index (χ4v) is 4.13. The van der Waals surface area contributed by atoms with Gasteiger partial charge >= 0.3 is 0 Å². The van der Waals surface area contributed by atoms with E-state index in [0.717, 1.165) is 22.5 Å². The molecule has 3 aromatic rings. The standard InChI is InChI=1S/C25H23N3OS/c1-27(2)22-15-13-19(14-16-22)17-23-24(29)28(18-20-9-5-3-6-10-20)25(30-23)26-21-11-7-4-8-12-21/h3-17H,18H2,1-2H3. The third-order valence-corrected chi connectivity index (χ3v) is 5.77. The summed E-state index contributed by atoms with van der Waals surface area (Å²) >= 11 is 1.42. The quantitative estimate of drug-likeness (QED) is 0.514. The smallest absolute Gasteiger partial charge is 0.267 e. The van der Waals surface area contributed by atoms with Crippen molar-refractivity contribution in [2.45, 2.75) is 6.54 Å². The molecular formula is C25H23N3OS. The van der Waals surface area contributed by atoms with E-state index in [1.54, 1.807) is 4.90 Å². The molecule has 0 N–H and O–H groups in total. The summed E-state index contributed by atoms with van der Waals surface area (Å²) in [7, 11) is 4.02. The molecule has 4 rings (SSSR count). The van der Waals surface area contributed by atoms with Crippen LogP contribution < -0.4 is 4.90 Å². The van der Waals surface area contributed by atoms with Gasteiger partial charge in [0.1, 0.15) is 0 Å². The summed E-state index contributed by atoms with van der Waals surface area (Å²) in [6.45, 7) is 0.495. The van der Waals surface area contributed by atoms with Gasteiger partial charge in [0, 0.05) is 19.8 Å². The lowest BCUT2D eigenvalue weighted by Gasteiger charge is -2.15. The zero-order valence-corrected chi connectivity index (χ0v) is 17.8. The van der Waals surface area contributed by atoms with Crippen LogP contribution in [0.15, 0.2) is 94.8 Å². The van der Waals surface area contributed by atoms with Gasteiger partial charge in [-0.1, -0.05) is 60.7 Å². The minimum Gasteiger partial charge on any atom is -0.378 e. The van der Waals surface area contributed by atoms with Crippen molar-refractivity contribution in [2.75, 3.05) is 19.0 Å². The summed E-state index contributed by atoms with van der Waals surface area (Å²) in [5.74, 6) is -0.0183. The van der Waals surface area contributed by atoms with Gasteiger partial charge in [-0.15, -0.1) is 0 Å². The molecule has 0 saturated carbocycles. The Morgan fingerprint density at radius 3 is 2.17 bits per heavy atom. The van der Waals surface area contributed by atoms with E-state index in [2.05, 4.69) is 17.0 Å². The summed E-state index contributed by atoms with van der Waals surface area (Å²) < 4.78 is 0. The highest BCUT2D eigenvalue weighted by molar-refractivity contribution is 8.18. The van der Waals surface area contributed by atoms with Crippen LogP contribution in [0, 0.1) is 0 Å². The number of amidine groups is 1. The summed E-state index contributed by atoms with van der Waals surface area (Å²) in [6, 6.07) is 27.9. The molecule has 1 aliphatic rings. The Bertz CT molecular complexity index is 1070. The monoisotopic (exact) mass is 413 g/mol. The molecule has 0 aromatic heterocycles. The predicted molar refractivity (Wildman–Crippen MR) is 127 cm³/mol. The largest absolute Gasteiger partial charge is 0.378 e. The first-order chi connectivity index (χ1) is 14.6. The minimum atomic E-state index is -0.0183. The van der Waals surface area contributed by atoms with Crippen molar-refractivity contribution in [2.24, 2.45) is 4.99 Å². The fraction of sp³-hybridized carbons (Fsp3) is 0.120. The Hall–Kier alpha value is -3.31. The minimum absolute atomic E-state index is 0.0183. The van der Waals surface area contributed by atoms with Crippen molar-refractivity contribution in [3.05, 3.63) is 101 Å². The van der Waals surface area contributed by atoms with E-state index in [9.17, 15) is 4.79 Å². The van der Waals surface area contributed by atoms with Crippen molar-refractivity contribution < 1.29 is 4.79 Å². The number of amides is 1. The number of nitrogens with zero attached hydrogens (tertiary/aromatic N) is 3. The number of hydrogen-bond donors (Lipinski definition) is 0. The van der Waals surface area contributed by atoms with Crippen molar-refractivity contribution in [1.29, 1.82) is 0 Å². The Morgan fingerprint density at radius 1 is 0.900 bits per heavy atom. The summed E-state index contributed by atoms with van der Waals surface area (Å²) in [4.78, 5) is 22.5.